The third-order valence-electron chi connectivity index (χ3n) is 8.33. The van der Waals surface area contributed by atoms with Crippen LogP contribution in [0.15, 0.2) is 71.5 Å². The maximum atomic E-state index is 14.6. The van der Waals surface area contributed by atoms with E-state index >= 15 is 0 Å². The van der Waals surface area contributed by atoms with E-state index in [1.165, 1.54) is 4.57 Å². The van der Waals surface area contributed by atoms with Gasteiger partial charge in [-0.25, -0.2) is 9.37 Å². The summed E-state index contributed by atoms with van der Waals surface area (Å²) in [6.07, 6.45) is -4.86. The number of carbonyl (C=O) groups excluding carboxylic acids is 1. The number of morpholine rings is 1. The van der Waals surface area contributed by atoms with Crippen molar-refractivity contribution in [3.05, 3.63) is 99.9 Å². The molecule has 1 saturated heterocycles. The first-order valence-corrected chi connectivity index (χ1v) is 16.0. The quantitative estimate of drug-likeness (QED) is 0.201. The fourth-order valence-electron chi connectivity index (χ4n) is 5.89. The van der Waals surface area contributed by atoms with E-state index in [0.717, 1.165) is 12.1 Å². The van der Waals surface area contributed by atoms with E-state index in [4.69, 9.17) is 14.5 Å². The summed E-state index contributed by atoms with van der Waals surface area (Å²) in [5, 5.41) is 3.52. The van der Waals surface area contributed by atoms with E-state index in [1.807, 2.05) is 6.92 Å². The fraction of sp³-hybridized carbons (Fsp3) is 0.400. The number of halogens is 4. The molecule has 5 rings (SSSR count). The number of hydrogen-bond acceptors (Lipinski definition) is 7. The van der Waals surface area contributed by atoms with Gasteiger partial charge in [-0.3, -0.25) is 19.1 Å². The Hall–Kier alpha value is -4.33. The van der Waals surface area contributed by atoms with Gasteiger partial charge in [0.25, 0.3) is 5.56 Å². The Morgan fingerprint density at radius 2 is 1.81 bits per heavy atom. The zero-order valence-corrected chi connectivity index (χ0v) is 26.9. The minimum absolute atomic E-state index is 0.101. The van der Waals surface area contributed by atoms with Gasteiger partial charge >= 0.3 is 6.18 Å². The maximum absolute atomic E-state index is 14.6. The van der Waals surface area contributed by atoms with Gasteiger partial charge in [-0.1, -0.05) is 18.2 Å². The number of carbonyl (C=O) groups is 1. The zero-order chi connectivity index (χ0) is 34.3. The Kier molecular flexibility index (Phi) is 11.5. The predicted octanol–water partition coefficient (Wildman–Crippen LogP) is 5.00. The van der Waals surface area contributed by atoms with Crippen LogP contribution in [0.25, 0.3) is 16.6 Å². The van der Waals surface area contributed by atoms with Gasteiger partial charge in [-0.2, -0.15) is 13.2 Å². The smallest absolute Gasteiger partial charge is 0.419 e. The number of ether oxygens (including phenoxy) is 2. The second-order valence-electron chi connectivity index (χ2n) is 11.5. The Bertz CT molecular complexity index is 1760. The van der Waals surface area contributed by atoms with E-state index in [1.54, 1.807) is 60.5 Å². The highest BCUT2D eigenvalue weighted by atomic mass is 19.4. The van der Waals surface area contributed by atoms with Crippen LogP contribution in [-0.2, 0) is 22.1 Å². The Labute approximate surface area is 276 Å². The topological polar surface area (TPSA) is 88.9 Å². The third kappa shape index (κ3) is 8.20. The van der Waals surface area contributed by atoms with Crippen molar-refractivity contribution >= 4 is 16.8 Å². The summed E-state index contributed by atoms with van der Waals surface area (Å²) >= 11 is 0. The summed E-state index contributed by atoms with van der Waals surface area (Å²) in [6, 6.07) is 15.8. The van der Waals surface area contributed by atoms with Gasteiger partial charge in [0, 0.05) is 26.2 Å². The molecular weight excluding hydrogens is 630 g/mol. The van der Waals surface area contributed by atoms with E-state index < -0.39 is 29.5 Å². The normalized spacial score (nSPS) is 14.6. The molecule has 1 unspecified atom stereocenters. The monoisotopic (exact) mass is 669 g/mol. The van der Waals surface area contributed by atoms with Crippen molar-refractivity contribution in [1.82, 2.24) is 24.7 Å². The first-order valence-electron chi connectivity index (χ1n) is 16.0. The number of benzene rings is 3. The predicted molar refractivity (Wildman–Crippen MR) is 174 cm³/mol. The molecule has 1 aliphatic rings. The Balaban J connectivity index is 1.62. The van der Waals surface area contributed by atoms with Gasteiger partial charge < -0.3 is 19.7 Å². The average Bonchev–Trinajstić information content (AvgIpc) is 3.07. The second-order valence-corrected chi connectivity index (χ2v) is 11.5. The first-order chi connectivity index (χ1) is 23.1. The average molecular weight is 670 g/mol. The van der Waals surface area contributed by atoms with Crippen LogP contribution in [-0.4, -0.2) is 84.9 Å². The van der Waals surface area contributed by atoms with Crippen molar-refractivity contribution in [2.24, 2.45) is 0 Å². The lowest BCUT2D eigenvalue weighted by Gasteiger charge is -2.35. The van der Waals surface area contributed by atoms with Crippen LogP contribution in [0.1, 0.15) is 36.3 Å². The van der Waals surface area contributed by atoms with E-state index in [9.17, 15) is 27.2 Å². The molecule has 1 fully saturated rings. The minimum Gasteiger partial charge on any atom is -0.494 e. The highest BCUT2D eigenvalue weighted by Gasteiger charge is 2.35. The lowest BCUT2D eigenvalue weighted by atomic mass is 10.0. The molecule has 1 atom stereocenters. The number of alkyl halides is 3. The molecule has 9 nitrogen and oxygen atoms in total. The molecular formula is C35H39F4N5O4. The van der Waals surface area contributed by atoms with Gasteiger partial charge in [0.15, 0.2) is 0 Å². The highest BCUT2D eigenvalue weighted by molar-refractivity contribution is 5.80. The SMILES string of the molecule is CCOc1ccc(-n2c(C(CCNC)N(CCN3CCOCC3)C(=O)Cc3ccc(C(F)(F)F)c(F)c3)nc3ccccc3c2=O)cc1. The number of rotatable bonds is 13. The molecule has 1 amide bonds. The minimum atomic E-state index is -4.86. The van der Waals surface area contributed by atoms with Crippen molar-refractivity contribution in [1.29, 1.82) is 0 Å². The first kappa shape index (κ1) is 35.0. The number of aromatic nitrogens is 2. The molecule has 48 heavy (non-hydrogen) atoms. The number of hydrogen-bond donors (Lipinski definition) is 1. The number of fused-ring (bicyclic) bond motifs is 1. The molecule has 2 heterocycles. The molecule has 0 radical (unpaired) electrons. The van der Waals surface area contributed by atoms with E-state index in [-0.39, 0.29) is 24.1 Å². The van der Waals surface area contributed by atoms with Crippen LogP contribution in [0.2, 0.25) is 0 Å². The van der Waals surface area contributed by atoms with Crippen LogP contribution in [0.5, 0.6) is 5.75 Å². The summed E-state index contributed by atoms with van der Waals surface area (Å²) < 4.78 is 67.0. The van der Waals surface area contributed by atoms with Crippen LogP contribution in [0.3, 0.4) is 0 Å². The Morgan fingerprint density at radius 3 is 2.48 bits per heavy atom. The number of para-hydroxylation sites is 1. The van der Waals surface area contributed by atoms with Crippen LogP contribution in [0, 0.1) is 5.82 Å². The zero-order valence-electron chi connectivity index (χ0n) is 26.9. The lowest BCUT2D eigenvalue weighted by molar-refractivity contribution is -0.140. The van der Waals surface area contributed by atoms with E-state index in [2.05, 4.69) is 10.2 Å². The molecule has 1 aliphatic heterocycles. The summed E-state index contributed by atoms with van der Waals surface area (Å²) in [4.78, 5) is 37.2. The van der Waals surface area contributed by atoms with Crippen molar-refractivity contribution in [2.45, 2.75) is 32.0 Å². The fourth-order valence-corrected chi connectivity index (χ4v) is 5.89. The van der Waals surface area contributed by atoms with Crippen LogP contribution in [0.4, 0.5) is 17.6 Å². The standard InChI is InChI=1S/C35H39F4N5O4/c1-3-48-26-11-9-25(10-12-26)44-33(41-30-7-5-4-6-27(30)34(44)46)31(14-15-40-2)43(17-16-42-18-20-47-21-19-42)32(45)23-24-8-13-28(29(36)22-24)35(37,38)39/h4-13,22,31,40H,3,14-21,23H2,1-2H3. The van der Waals surface area contributed by atoms with Gasteiger partial charge in [-0.15, -0.1) is 0 Å². The molecule has 3 aromatic carbocycles. The molecule has 13 heteroatoms. The molecule has 0 saturated carbocycles. The molecule has 0 spiro atoms. The highest BCUT2D eigenvalue weighted by Crippen LogP contribution is 2.32. The maximum Gasteiger partial charge on any atom is 0.419 e. The Morgan fingerprint density at radius 1 is 1.08 bits per heavy atom. The van der Waals surface area contributed by atoms with Crippen molar-refractivity contribution in [2.75, 3.05) is 59.6 Å². The van der Waals surface area contributed by atoms with Crippen molar-refractivity contribution in [3.8, 4) is 11.4 Å². The molecule has 0 bridgehead atoms. The number of nitrogens with one attached hydrogen (secondary N) is 1. The molecule has 0 aliphatic carbocycles. The van der Waals surface area contributed by atoms with Gasteiger partial charge in [0.05, 0.1) is 54.4 Å². The summed E-state index contributed by atoms with van der Waals surface area (Å²) in [6.45, 7) is 5.92. The van der Waals surface area contributed by atoms with Crippen molar-refractivity contribution < 1.29 is 31.8 Å². The summed E-state index contributed by atoms with van der Waals surface area (Å²) in [5.74, 6) is -0.932. The molecule has 256 valence electrons. The molecule has 4 aromatic rings. The largest absolute Gasteiger partial charge is 0.494 e. The summed E-state index contributed by atoms with van der Waals surface area (Å²) in [5.41, 5.74) is -0.630. The van der Waals surface area contributed by atoms with Gasteiger partial charge in [0.2, 0.25) is 5.91 Å². The molecule has 1 N–H and O–H groups in total. The van der Waals surface area contributed by atoms with Gasteiger partial charge in [0.1, 0.15) is 17.4 Å². The van der Waals surface area contributed by atoms with Gasteiger partial charge in [-0.05, 0) is 81.0 Å². The van der Waals surface area contributed by atoms with E-state index in [0.29, 0.717) is 86.7 Å². The third-order valence-corrected chi connectivity index (χ3v) is 8.33. The van der Waals surface area contributed by atoms with Crippen LogP contribution < -0.4 is 15.6 Å². The van der Waals surface area contributed by atoms with Crippen LogP contribution >= 0.6 is 0 Å². The lowest BCUT2D eigenvalue weighted by Crippen LogP contribution is -2.46. The number of nitrogens with zero attached hydrogens (tertiary/aromatic N) is 4. The number of amides is 1. The summed E-state index contributed by atoms with van der Waals surface area (Å²) in [7, 11) is 1.77. The second kappa shape index (κ2) is 15.7. The van der Waals surface area contributed by atoms with Crippen molar-refractivity contribution in [3.63, 3.8) is 0 Å². The molecule has 1 aromatic heterocycles.